The van der Waals surface area contributed by atoms with E-state index in [1.54, 1.807) is 0 Å². The van der Waals surface area contributed by atoms with Crippen molar-refractivity contribution in [2.24, 2.45) is 0 Å². The first-order valence-electron chi connectivity index (χ1n) is 4.27. The van der Waals surface area contributed by atoms with Crippen LogP contribution in [0.15, 0.2) is 35.5 Å². The van der Waals surface area contributed by atoms with Crippen LogP contribution in [0.2, 0.25) is 0 Å². The normalized spacial score (nSPS) is 17.1. The molecule has 0 heterocycles. The summed E-state index contributed by atoms with van der Waals surface area (Å²) in [6.45, 7) is 4.24. The number of rotatable bonds is 0. The minimum absolute atomic E-state index is 0. The molecule has 2 rings (SSSR count). The molecule has 1 heteroatoms. The molecule has 0 atom stereocenters. The summed E-state index contributed by atoms with van der Waals surface area (Å²) in [6, 6.07) is 0. The maximum absolute atomic E-state index is 3.12. The Morgan fingerprint density at radius 2 is 2.08 bits per heavy atom. The maximum Gasteiger partial charge on any atom is 2.00 e. The largest absolute Gasteiger partial charge is 2.00 e. The van der Waals surface area contributed by atoms with Crippen molar-refractivity contribution in [3.05, 3.63) is 47.6 Å². The summed E-state index contributed by atoms with van der Waals surface area (Å²) in [5, 5.41) is 0. The molecule has 0 aromatic rings. The second-order valence-corrected chi connectivity index (χ2v) is 2.96. The van der Waals surface area contributed by atoms with Crippen LogP contribution in [0.3, 0.4) is 0 Å². The molecular formula is C12H14Zr. The SMILES string of the molecule is CC1=C(C)CC=[C-]1.[C-]1=CC=CC1.[Zr+2]. The molecule has 0 saturated heterocycles. The van der Waals surface area contributed by atoms with Gasteiger partial charge in [0.2, 0.25) is 0 Å². The summed E-state index contributed by atoms with van der Waals surface area (Å²) in [6.07, 6.45) is 16.3. The molecule has 0 nitrogen and oxygen atoms in total. The van der Waals surface area contributed by atoms with Gasteiger partial charge in [-0.1, -0.05) is 13.3 Å². The van der Waals surface area contributed by atoms with Crippen LogP contribution in [0, 0.1) is 12.2 Å². The van der Waals surface area contributed by atoms with Crippen LogP contribution in [0.25, 0.3) is 0 Å². The van der Waals surface area contributed by atoms with Crippen molar-refractivity contribution in [2.45, 2.75) is 26.7 Å². The van der Waals surface area contributed by atoms with Gasteiger partial charge >= 0.3 is 26.2 Å². The molecule has 0 saturated carbocycles. The van der Waals surface area contributed by atoms with E-state index in [9.17, 15) is 0 Å². The third-order valence-corrected chi connectivity index (χ3v) is 1.95. The zero-order valence-corrected chi connectivity index (χ0v) is 10.7. The van der Waals surface area contributed by atoms with E-state index in [-0.39, 0.29) is 26.2 Å². The maximum atomic E-state index is 3.12. The monoisotopic (exact) mass is 248 g/mol. The average Bonchev–Trinajstić information content (AvgIpc) is 2.67. The minimum atomic E-state index is 0. The van der Waals surface area contributed by atoms with Crippen molar-refractivity contribution in [1.29, 1.82) is 0 Å². The van der Waals surface area contributed by atoms with Crippen LogP contribution >= 0.6 is 0 Å². The Balaban J connectivity index is 0.000000215. The molecule has 2 aliphatic carbocycles. The predicted octanol–water partition coefficient (Wildman–Crippen LogP) is 3.39. The van der Waals surface area contributed by atoms with E-state index in [2.05, 4.69) is 38.2 Å². The van der Waals surface area contributed by atoms with Crippen molar-refractivity contribution in [3.63, 3.8) is 0 Å². The molecule has 0 bridgehead atoms. The fourth-order valence-electron chi connectivity index (χ4n) is 0.974. The Kier molecular flexibility index (Phi) is 7.18. The van der Waals surface area contributed by atoms with Crippen LogP contribution in [0.5, 0.6) is 0 Å². The van der Waals surface area contributed by atoms with E-state index in [1.807, 2.05) is 12.2 Å². The molecule has 0 unspecified atom stereocenters. The summed E-state index contributed by atoms with van der Waals surface area (Å²) in [5.74, 6) is 0. The Bertz CT molecular complexity index is 244. The van der Waals surface area contributed by atoms with E-state index in [4.69, 9.17) is 0 Å². The molecule has 0 N–H and O–H groups in total. The van der Waals surface area contributed by atoms with E-state index in [1.165, 1.54) is 11.1 Å². The van der Waals surface area contributed by atoms with E-state index in [0.717, 1.165) is 12.8 Å². The van der Waals surface area contributed by atoms with Crippen LogP contribution in [0.1, 0.15) is 26.7 Å². The molecule has 13 heavy (non-hydrogen) atoms. The number of allylic oxidation sites excluding steroid dienone is 8. The Morgan fingerprint density at radius 3 is 2.23 bits per heavy atom. The molecule has 0 spiro atoms. The molecule has 0 aliphatic heterocycles. The number of hydrogen-bond acceptors (Lipinski definition) is 0. The Labute approximate surface area is 100 Å². The van der Waals surface area contributed by atoms with Gasteiger partial charge in [-0.2, -0.15) is 12.2 Å². The summed E-state index contributed by atoms with van der Waals surface area (Å²) in [4.78, 5) is 0. The van der Waals surface area contributed by atoms with Gasteiger partial charge in [0, 0.05) is 0 Å². The van der Waals surface area contributed by atoms with Gasteiger partial charge in [0.1, 0.15) is 0 Å². The third kappa shape index (κ3) is 5.21. The van der Waals surface area contributed by atoms with Gasteiger partial charge in [0.15, 0.2) is 0 Å². The van der Waals surface area contributed by atoms with E-state index < -0.39 is 0 Å². The summed E-state index contributed by atoms with van der Waals surface area (Å²) in [5.41, 5.74) is 2.78. The molecule has 0 aromatic carbocycles. The fraction of sp³-hybridized carbons (Fsp3) is 0.333. The minimum Gasteiger partial charge on any atom is -0.273 e. The Morgan fingerprint density at radius 1 is 1.31 bits per heavy atom. The molecule has 0 radical (unpaired) electrons. The summed E-state index contributed by atoms with van der Waals surface area (Å²) in [7, 11) is 0. The molecule has 0 fully saturated rings. The first-order valence-corrected chi connectivity index (χ1v) is 4.27. The standard InChI is InChI=1S/C7H9.C5H5.Zr/c1-6-4-3-5-7(6)2;1-2-4-5-3-1;/h3H,4H2,1-2H3;1-3H,4H2;/q2*-1;+2. The summed E-state index contributed by atoms with van der Waals surface area (Å²) < 4.78 is 0. The van der Waals surface area contributed by atoms with E-state index >= 15 is 0 Å². The molecule has 0 aromatic heterocycles. The van der Waals surface area contributed by atoms with Crippen molar-refractivity contribution >= 4 is 0 Å². The number of hydrogen-bond donors (Lipinski definition) is 0. The van der Waals surface area contributed by atoms with Gasteiger partial charge in [0.05, 0.1) is 0 Å². The van der Waals surface area contributed by atoms with E-state index in [0.29, 0.717) is 0 Å². The van der Waals surface area contributed by atoms with Crippen LogP contribution < -0.4 is 0 Å². The Hall–Kier alpha value is -0.157. The first-order chi connectivity index (χ1) is 5.80. The topological polar surface area (TPSA) is 0 Å². The quantitative estimate of drug-likeness (QED) is 0.577. The van der Waals surface area contributed by atoms with Crippen LogP contribution in [0.4, 0.5) is 0 Å². The fourth-order valence-corrected chi connectivity index (χ4v) is 0.974. The van der Waals surface area contributed by atoms with Crippen LogP contribution in [-0.2, 0) is 26.2 Å². The van der Waals surface area contributed by atoms with Gasteiger partial charge < -0.3 is 0 Å². The van der Waals surface area contributed by atoms with Crippen molar-refractivity contribution < 1.29 is 26.2 Å². The van der Waals surface area contributed by atoms with Gasteiger partial charge in [0.25, 0.3) is 0 Å². The van der Waals surface area contributed by atoms with Crippen molar-refractivity contribution in [2.75, 3.05) is 0 Å². The predicted molar refractivity (Wildman–Crippen MR) is 52.4 cm³/mol. The zero-order chi connectivity index (χ0) is 8.81. The van der Waals surface area contributed by atoms with Gasteiger partial charge in [-0.15, -0.1) is 13.3 Å². The smallest absolute Gasteiger partial charge is 0.273 e. The first kappa shape index (κ1) is 12.8. The van der Waals surface area contributed by atoms with Gasteiger partial charge in [-0.25, -0.2) is 23.3 Å². The third-order valence-electron chi connectivity index (χ3n) is 1.95. The summed E-state index contributed by atoms with van der Waals surface area (Å²) >= 11 is 0. The second kappa shape index (κ2) is 7.27. The molecule has 2 aliphatic rings. The zero-order valence-electron chi connectivity index (χ0n) is 8.22. The second-order valence-electron chi connectivity index (χ2n) is 2.96. The average molecular weight is 249 g/mol. The van der Waals surface area contributed by atoms with Crippen molar-refractivity contribution in [3.8, 4) is 0 Å². The van der Waals surface area contributed by atoms with Crippen molar-refractivity contribution in [1.82, 2.24) is 0 Å². The molecular weight excluding hydrogens is 235 g/mol. The van der Waals surface area contributed by atoms with Crippen LogP contribution in [-0.4, -0.2) is 0 Å². The van der Waals surface area contributed by atoms with Gasteiger partial charge in [-0.05, 0) is 0 Å². The molecule has 66 valence electrons. The van der Waals surface area contributed by atoms with Gasteiger partial charge in [-0.3, -0.25) is 12.2 Å². The molecule has 0 amide bonds.